The van der Waals surface area contributed by atoms with Crippen molar-refractivity contribution in [3.8, 4) is 11.1 Å². The number of rotatable bonds is 4. The summed E-state index contributed by atoms with van der Waals surface area (Å²) >= 11 is 0. The van der Waals surface area contributed by atoms with Crippen LogP contribution >= 0.6 is 0 Å². The van der Waals surface area contributed by atoms with Gasteiger partial charge in [0.25, 0.3) is 0 Å². The van der Waals surface area contributed by atoms with Gasteiger partial charge >= 0.3 is 0 Å². The lowest BCUT2D eigenvalue weighted by Gasteiger charge is -2.27. The van der Waals surface area contributed by atoms with E-state index in [1.807, 2.05) is 24.3 Å². The van der Waals surface area contributed by atoms with Crippen molar-refractivity contribution < 1.29 is 13.3 Å². The smallest absolute Gasteiger partial charge is 0.143 e. The Morgan fingerprint density at radius 2 is 0.907 bits per heavy atom. The zero-order chi connectivity index (χ0) is 35.3. The van der Waals surface area contributed by atoms with Gasteiger partial charge in [0.15, 0.2) is 0 Å². The zero-order valence-electron chi connectivity index (χ0n) is 28.9. The van der Waals surface area contributed by atoms with Gasteiger partial charge in [-0.1, -0.05) is 109 Å². The molecule has 12 aromatic rings. The first-order valence-electron chi connectivity index (χ1n) is 18.2. The van der Waals surface area contributed by atoms with E-state index in [0.29, 0.717) is 0 Å². The van der Waals surface area contributed by atoms with Crippen molar-refractivity contribution in [2.45, 2.75) is 0 Å². The van der Waals surface area contributed by atoms with Crippen LogP contribution in [0.1, 0.15) is 0 Å². The van der Waals surface area contributed by atoms with Crippen LogP contribution in [-0.2, 0) is 0 Å². The molecule has 0 aliphatic rings. The highest BCUT2D eigenvalue weighted by Crippen LogP contribution is 2.49. The molecule has 0 aliphatic carbocycles. The largest absolute Gasteiger partial charge is 0.456 e. The SMILES string of the molecule is c1ccc2cc(-c3ccc(N(c4cccc5oc6ccccc6c45)c4cccc5oc6ccc7oc8c9ccccc9ccc8c7c6c45)cc3)ccc2c1. The lowest BCUT2D eigenvalue weighted by atomic mass is 9.99. The van der Waals surface area contributed by atoms with Gasteiger partial charge in [-0.15, -0.1) is 0 Å². The summed E-state index contributed by atoms with van der Waals surface area (Å²) in [4.78, 5) is 2.36. The van der Waals surface area contributed by atoms with Crippen LogP contribution in [0.25, 0.3) is 98.5 Å². The molecule has 252 valence electrons. The summed E-state index contributed by atoms with van der Waals surface area (Å²) in [5, 5.41) is 11.0. The zero-order valence-corrected chi connectivity index (χ0v) is 28.9. The Labute approximate surface area is 308 Å². The maximum atomic E-state index is 6.70. The summed E-state index contributed by atoms with van der Waals surface area (Å²) in [7, 11) is 0. The minimum atomic E-state index is 0.812. The fraction of sp³-hybridized carbons (Fsp3) is 0. The van der Waals surface area contributed by atoms with Gasteiger partial charge < -0.3 is 18.2 Å². The van der Waals surface area contributed by atoms with Gasteiger partial charge in [-0.05, 0) is 94.0 Å². The van der Waals surface area contributed by atoms with Gasteiger partial charge in [0.1, 0.15) is 33.5 Å². The maximum absolute atomic E-state index is 6.70. The summed E-state index contributed by atoms with van der Waals surface area (Å²) in [6, 6.07) is 61.9. The van der Waals surface area contributed by atoms with E-state index in [1.165, 1.54) is 16.3 Å². The number of benzene rings is 9. The van der Waals surface area contributed by atoms with Gasteiger partial charge in [0, 0.05) is 32.6 Å². The van der Waals surface area contributed by atoms with Gasteiger partial charge in [0.05, 0.1) is 22.1 Å². The lowest BCUT2D eigenvalue weighted by Crippen LogP contribution is -2.10. The number of fused-ring (bicyclic) bond motifs is 13. The van der Waals surface area contributed by atoms with E-state index >= 15 is 0 Å². The van der Waals surface area contributed by atoms with E-state index in [4.69, 9.17) is 13.3 Å². The van der Waals surface area contributed by atoms with Crippen LogP contribution in [0.3, 0.4) is 0 Å². The van der Waals surface area contributed by atoms with Gasteiger partial charge in [-0.25, -0.2) is 0 Å². The molecule has 12 rings (SSSR count). The molecule has 4 heteroatoms. The monoisotopic (exact) mass is 691 g/mol. The number of furan rings is 3. The molecular formula is C50H29NO3. The van der Waals surface area contributed by atoms with Crippen molar-refractivity contribution in [1.82, 2.24) is 0 Å². The molecule has 0 bridgehead atoms. The molecule has 0 spiro atoms. The van der Waals surface area contributed by atoms with Crippen LogP contribution in [0.5, 0.6) is 0 Å². The van der Waals surface area contributed by atoms with Crippen LogP contribution in [0, 0.1) is 0 Å². The van der Waals surface area contributed by atoms with Crippen molar-refractivity contribution in [2.75, 3.05) is 4.90 Å². The molecule has 3 aromatic heterocycles. The number of para-hydroxylation sites is 1. The Morgan fingerprint density at radius 1 is 0.315 bits per heavy atom. The van der Waals surface area contributed by atoms with E-state index in [2.05, 4.69) is 157 Å². The van der Waals surface area contributed by atoms with Crippen LogP contribution in [0.15, 0.2) is 189 Å². The highest BCUT2D eigenvalue weighted by molar-refractivity contribution is 6.30. The van der Waals surface area contributed by atoms with Crippen molar-refractivity contribution in [2.24, 2.45) is 0 Å². The Morgan fingerprint density at radius 3 is 1.74 bits per heavy atom. The molecule has 3 heterocycles. The third-order valence-corrected chi connectivity index (χ3v) is 11.0. The van der Waals surface area contributed by atoms with Crippen molar-refractivity contribution in [1.29, 1.82) is 0 Å². The highest BCUT2D eigenvalue weighted by Gasteiger charge is 2.25. The van der Waals surface area contributed by atoms with Gasteiger partial charge in [0.2, 0.25) is 0 Å². The van der Waals surface area contributed by atoms with Crippen molar-refractivity contribution in [3.63, 3.8) is 0 Å². The first-order valence-corrected chi connectivity index (χ1v) is 18.2. The molecule has 0 radical (unpaired) electrons. The molecule has 0 saturated heterocycles. The number of nitrogens with zero attached hydrogens (tertiary/aromatic N) is 1. The molecule has 9 aromatic carbocycles. The van der Waals surface area contributed by atoms with Crippen LogP contribution in [-0.4, -0.2) is 0 Å². The van der Waals surface area contributed by atoms with Crippen LogP contribution < -0.4 is 4.90 Å². The normalized spacial score (nSPS) is 12.1. The van der Waals surface area contributed by atoms with E-state index in [1.54, 1.807) is 0 Å². The predicted octanol–water partition coefficient (Wildman–Crippen LogP) is 14.8. The molecule has 0 saturated carbocycles. The molecule has 0 amide bonds. The quantitative estimate of drug-likeness (QED) is 0.184. The molecule has 4 nitrogen and oxygen atoms in total. The van der Waals surface area contributed by atoms with Crippen molar-refractivity contribution in [3.05, 3.63) is 176 Å². The van der Waals surface area contributed by atoms with Gasteiger partial charge in [-0.2, -0.15) is 0 Å². The second-order valence-electron chi connectivity index (χ2n) is 14.0. The van der Waals surface area contributed by atoms with Gasteiger partial charge in [-0.3, -0.25) is 0 Å². The number of hydrogen-bond acceptors (Lipinski definition) is 4. The number of anilines is 3. The Bertz CT molecular complexity index is 3450. The summed E-state index contributed by atoms with van der Waals surface area (Å²) in [5.41, 5.74) is 10.4. The average molecular weight is 692 g/mol. The molecular weight excluding hydrogens is 663 g/mol. The van der Waals surface area contributed by atoms with E-state index in [0.717, 1.165) is 99.2 Å². The van der Waals surface area contributed by atoms with Crippen molar-refractivity contribution >= 4 is 104 Å². The van der Waals surface area contributed by atoms with Crippen LogP contribution in [0.4, 0.5) is 17.1 Å². The minimum absolute atomic E-state index is 0.812. The Balaban J connectivity index is 1.15. The third kappa shape index (κ3) is 4.19. The summed E-state index contributed by atoms with van der Waals surface area (Å²) in [5.74, 6) is 0. The maximum Gasteiger partial charge on any atom is 0.143 e. The topological polar surface area (TPSA) is 42.7 Å². The standard InChI is InChI=1S/C50H29NO3/c1-2-11-33-29-34(20-19-30(33)9-1)31-21-24-35(25-22-31)51(39-14-7-17-42-46(39)37-13-5-6-16-41(37)52-42)40-15-8-18-43-48(40)49-45(53-43)28-27-44-47(49)38-26-23-32-10-3-4-12-36(32)50(38)54-44/h1-29H. The average Bonchev–Trinajstić information content (AvgIpc) is 3.93. The summed E-state index contributed by atoms with van der Waals surface area (Å²) in [6.07, 6.45) is 0. The van der Waals surface area contributed by atoms with E-state index < -0.39 is 0 Å². The minimum Gasteiger partial charge on any atom is -0.456 e. The molecule has 0 fully saturated rings. The van der Waals surface area contributed by atoms with E-state index in [9.17, 15) is 0 Å². The second-order valence-corrected chi connectivity index (χ2v) is 14.0. The summed E-state index contributed by atoms with van der Waals surface area (Å²) in [6.45, 7) is 0. The van der Waals surface area contributed by atoms with Crippen LogP contribution in [0.2, 0.25) is 0 Å². The molecule has 0 unspecified atom stereocenters. The number of hydrogen-bond donors (Lipinski definition) is 0. The predicted molar refractivity (Wildman–Crippen MR) is 223 cm³/mol. The molecule has 0 aliphatic heterocycles. The lowest BCUT2D eigenvalue weighted by molar-refractivity contribution is 0.664. The fourth-order valence-electron chi connectivity index (χ4n) is 8.59. The first-order chi connectivity index (χ1) is 26.8. The third-order valence-electron chi connectivity index (χ3n) is 11.0. The second kappa shape index (κ2) is 11.1. The van der Waals surface area contributed by atoms with E-state index in [-0.39, 0.29) is 0 Å². The highest BCUT2D eigenvalue weighted by atomic mass is 16.3. The molecule has 0 N–H and O–H groups in total. The Kier molecular flexibility index (Phi) is 6.02. The fourth-order valence-corrected chi connectivity index (χ4v) is 8.59. The molecule has 54 heavy (non-hydrogen) atoms. The summed E-state index contributed by atoms with van der Waals surface area (Å²) < 4.78 is 19.8. The molecule has 0 atom stereocenters. The Hall–Kier alpha value is -7.30. The first kappa shape index (κ1) is 29.3.